The predicted molar refractivity (Wildman–Crippen MR) is 317 cm³/mol. The average Bonchev–Trinajstić information content (AvgIpc) is 4.02. The molecule has 0 amide bonds. The largest absolute Gasteiger partial charge is 0.290 e. The van der Waals surface area contributed by atoms with Gasteiger partial charge in [-0.25, -0.2) is 19.9 Å². The lowest BCUT2D eigenvalue weighted by molar-refractivity contribution is 1.06. The van der Waals surface area contributed by atoms with Crippen molar-refractivity contribution >= 4 is 130 Å². The van der Waals surface area contributed by atoms with Gasteiger partial charge in [-0.1, -0.05) is 218 Å². The van der Waals surface area contributed by atoms with Gasteiger partial charge in [-0.2, -0.15) is 0 Å². The van der Waals surface area contributed by atoms with E-state index < -0.39 is 0 Å². The van der Waals surface area contributed by atoms with Crippen molar-refractivity contribution in [3.63, 3.8) is 0 Å². The summed E-state index contributed by atoms with van der Waals surface area (Å²) < 4.78 is 4.80. The molecule has 0 spiro atoms. The molecule has 0 bridgehead atoms. The molecule has 4 aromatic heterocycles. The monoisotopic (exact) mass is 964 g/mol. The minimum atomic E-state index is 0.746. The van der Waals surface area contributed by atoms with Gasteiger partial charge in [0, 0.05) is 54.2 Å². The number of para-hydroxylation sites is 2. The number of hydrogen-bond acceptors (Lipinski definition) is 4. The molecule has 0 saturated heterocycles. The van der Waals surface area contributed by atoms with E-state index in [0.717, 1.165) is 154 Å². The van der Waals surface area contributed by atoms with Crippen LogP contribution < -0.4 is 0 Å². The topological polar surface area (TPSA) is 61.4 Å². The van der Waals surface area contributed by atoms with E-state index in [1.54, 1.807) is 0 Å². The number of hydrogen-bond donors (Lipinski definition) is 0. The maximum absolute atomic E-state index is 5.98. The van der Waals surface area contributed by atoms with Gasteiger partial charge in [0.1, 0.15) is 11.4 Å². The van der Waals surface area contributed by atoms with Crippen LogP contribution in [0.4, 0.5) is 0 Å². The van der Waals surface area contributed by atoms with E-state index in [-0.39, 0.29) is 0 Å². The van der Waals surface area contributed by atoms with Crippen LogP contribution in [0.1, 0.15) is 0 Å². The zero-order chi connectivity index (χ0) is 49.6. The van der Waals surface area contributed by atoms with E-state index in [1.165, 1.54) is 10.8 Å². The van der Waals surface area contributed by atoms with E-state index in [1.807, 2.05) is 0 Å². The molecule has 0 fully saturated rings. The lowest BCUT2D eigenvalue weighted by Gasteiger charge is -2.18. The molecule has 350 valence electrons. The third-order valence-electron chi connectivity index (χ3n) is 16.0. The van der Waals surface area contributed by atoms with Crippen molar-refractivity contribution in [2.45, 2.75) is 0 Å². The van der Waals surface area contributed by atoms with E-state index in [4.69, 9.17) is 19.9 Å². The van der Waals surface area contributed by atoms with Crippen LogP contribution in [-0.4, -0.2) is 29.1 Å². The van der Waals surface area contributed by atoms with E-state index in [9.17, 15) is 0 Å². The molecule has 0 unspecified atom stereocenters. The van der Waals surface area contributed by atoms with E-state index >= 15 is 0 Å². The number of fused-ring (bicyclic) bond motifs is 21. The second-order valence-corrected chi connectivity index (χ2v) is 20.1. The van der Waals surface area contributed by atoms with Crippen molar-refractivity contribution in [3.05, 3.63) is 243 Å². The Bertz CT molecular complexity index is 5040. The molecular formula is C70H40N6. The number of rotatable bonds is 4. The second kappa shape index (κ2) is 15.6. The van der Waals surface area contributed by atoms with Crippen molar-refractivity contribution in [1.82, 2.24) is 29.1 Å². The van der Waals surface area contributed by atoms with Crippen LogP contribution in [0.5, 0.6) is 0 Å². The normalized spacial score (nSPS) is 12.2. The van der Waals surface area contributed by atoms with Gasteiger partial charge in [0.25, 0.3) is 0 Å². The zero-order valence-corrected chi connectivity index (χ0v) is 40.8. The predicted octanol–water partition coefficient (Wildman–Crippen LogP) is 18.0. The van der Waals surface area contributed by atoms with Crippen LogP contribution in [-0.2, 0) is 0 Å². The second-order valence-electron chi connectivity index (χ2n) is 20.1. The van der Waals surface area contributed by atoms with Gasteiger partial charge in [0.05, 0.1) is 44.1 Å². The van der Waals surface area contributed by atoms with Gasteiger partial charge in [0.15, 0.2) is 11.6 Å². The molecule has 6 heteroatoms. The van der Waals surface area contributed by atoms with E-state index in [2.05, 4.69) is 252 Å². The molecule has 17 rings (SSSR count). The molecule has 0 aliphatic carbocycles. The molecular weight excluding hydrogens is 925 g/mol. The van der Waals surface area contributed by atoms with Crippen LogP contribution in [0.2, 0.25) is 0 Å². The highest BCUT2D eigenvalue weighted by Crippen LogP contribution is 2.46. The van der Waals surface area contributed by atoms with E-state index in [0.29, 0.717) is 0 Å². The first-order valence-electron chi connectivity index (χ1n) is 25.9. The molecule has 17 aromatic rings. The minimum absolute atomic E-state index is 0.746. The van der Waals surface area contributed by atoms with Crippen molar-refractivity contribution in [1.29, 1.82) is 0 Å². The number of aromatic nitrogens is 6. The smallest absolute Gasteiger partial charge is 0.165 e. The summed E-state index contributed by atoms with van der Waals surface area (Å²) in [5.41, 5.74) is 11.1. The van der Waals surface area contributed by atoms with Crippen LogP contribution in [0.25, 0.3) is 164 Å². The Morgan fingerprint density at radius 1 is 0.224 bits per heavy atom. The maximum atomic E-state index is 5.98. The molecule has 0 saturated carbocycles. The Morgan fingerprint density at radius 2 is 0.526 bits per heavy atom. The Hall–Kier alpha value is -10.3. The lowest BCUT2D eigenvalue weighted by Crippen LogP contribution is -2.07. The zero-order valence-electron chi connectivity index (χ0n) is 40.8. The lowest BCUT2D eigenvalue weighted by atomic mass is 9.99. The van der Waals surface area contributed by atoms with Crippen LogP contribution >= 0.6 is 0 Å². The van der Waals surface area contributed by atoms with Gasteiger partial charge in [-0.15, -0.1) is 0 Å². The molecule has 0 N–H and O–H groups in total. The quantitative estimate of drug-likeness (QED) is 0.165. The average molecular weight is 965 g/mol. The summed E-state index contributed by atoms with van der Waals surface area (Å²) in [5, 5.41) is 17.9. The summed E-state index contributed by atoms with van der Waals surface area (Å²) in [6.45, 7) is 0. The van der Waals surface area contributed by atoms with Crippen LogP contribution in [0.3, 0.4) is 0 Å². The number of benzene rings is 13. The summed E-state index contributed by atoms with van der Waals surface area (Å²) in [7, 11) is 0. The van der Waals surface area contributed by atoms with Crippen LogP contribution in [0.15, 0.2) is 243 Å². The molecule has 0 atom stereocenters. The van der Waals surface area contributed by atoms with Crippen molar-refractivity contribution < 1.29 is 0 Å². The summed E-state index contributed by atoms with van der Waals surface area (Å²) in [5.74, 6) is 1.49. The summed E-state index contributed by atoms with van der Waals surface area (Å²) in [6.07, 6.45) is 0. The molecule has 0 aliphatic heterocycles. The molecule has 6 nitrogen and oxygen atoms in total. The standard InChI is InChI=1S/C70H40N6/c1-3-19-43-39-45(35-33-41(43)17-1)61-69(73-65-55-29-11-7-23-49(55)47-21-5-9-27-53(47)63(65)71-61)75-59-31-15-13-25-51(59)57-37-38-58-52-26-14-16-32-60(52)76(68(58)67(57)75)70-62(46-36-34-42-18-2-4-20-44(42)40-46)72-64-54-28-10-6-22-48(54)50-24-8-12-30-56(50)66(64)74-70/h1-40H. The van der Waals surface area contributed by atoms with Gasteiger partial charge in [-0.3, -0.25) is 9.13 Å². The van der Waals surface area contributed by atoms with Gasteiger partial charge < -0.3 is 0 Å². The Balaban J connectivity index is 1.08. The van der Waals surface area contributed by atoms with Crippen molar-refractivity contribution in [3.8, 4) is 34.2 Å². The molecule has 4 heterocycles. The van der Waals surface area contributed by atoms with Gasteiger partial charge >= 0.3 is 0 Å². The van der Waals surface area contributed by atoms with Crippen molar-refractivity contribution in [2.24, 2.45) is 0 Å². The SMILES string of the molecule is c1ccc2cc(-c3nc4c5ccccc5c5ccccc5c4nc3-n3c4ccccc4c4ccc5c6ccccc6n(-c6nc7c8ccccc8c8ccccc8c7nc6-c6ccc7ccccc7c6)c5c43)ccc2c1. The molecule has 0 radical (unpaired) electrons. The Kier molecular flexibility index (Phi) is 8.46. The fourth-order valence-corrected chi connectivity index (χ4v) is 12.6. The first kappa shape index (κ1) is 41.2. The fourth-order valence-electron chi connectivity index (χ4n) is 12.6. The minimum Gasteiger partial charge on any atom is -0.290 e. The maximum Gasteiger partial charge on any atom is 0.165 e. The first-order valence-corrected chi connectivity index (χ1v) is 25.9. The Morgan fingerprint density at radius 3 is 0.908 bits per heavy atom. The fraction of sp³-hybridized carbons (Fsp3) is 0. The van der Waals surface area contributed by atoms with Gasteiger partial charge in [0.2, 0.25) is 0 Å². The summed E-state index contributed by atoms with van der Waals surface area (Å²) in [4.78, 5) is 23.7. The summed E-state index contributed by atoms with van der Waals surface area (Å²) in [6, 6.07) is 87.1. The molecule has 13 aromatic carbocycles. The van der Waals surface area contributed by atoms with Crippen molar-refractivity contribution in [2.75, 3.05) is 0 Å². The van der Waals surface area contributed by atoms with Gasteiger partial charge in [-0.05, 0) is 67.4 Å². The highest BCUT2D eigenvalue weighted by molar-refractivity contribution is 6.27. The highest BCUT2D eigenvalue weighted by atomic mass is 15.1. The molecule has 76 heavy (non-hydrogen) atoms. The molecule has 0 aliphatic rings. The third kappa shape index (κ3) is 5.75. The summed E-state index contributed by atoms with van der Waals surface area (Å²) >= 11 is 0. The highest BCUT2D eigenvalue weighted by Gasteiger charge is 2.28. The number of nitrogens with zero attached hydrogens (tertiary/aromatic N) is 6. The Labute approximate surface area is 434 Å². The van der Waals surface area contributed by atoms with Crippen LogP contribution in [0, 0.1) is 0 Å². The third-order valence-corrected chi connectivity index (χ3v) is 16.0. The first-order chi connectivity index (χ1) is 37.7.